The molecule has 1 aromatic heterocycles. The fraction of sp³-hybridized carbons (Fsp3) is 0.154. The highest BCUT2D eigenvalue weighted by Crippen LogP contribution is 2.23. The van der Waals surface area contributed by atoms with Crippen LogP contribution < -0.4 is 11.3 Å². The number of nitrogens with one attached hydrogen (secondary N) is 1. The lowest BCUT2D eigenvalue weighted by molar-refractivity contribution is 0.603. The molecular formula is C13H14FN3. The van der Waals surface area contributed by atoms with E-state index in [0.29, 0.717) is 0 Å². The summed E-state index contributed by atoms with van der Waals surface area (Å²) in [5, 5.41) is 0. The number of hydrazine groups is 1. The second-order valence-electron chi connectivity index (χ2n) is 3.89. The molecule has 17 heavy (non-hydrogen) atoms. The first-order chi connectivity index (χ1) is 8.22. The van der Waals surface area contributed by atoms with Gasteiger partial charge in [0, 0.05) is 12.4 Å². The average Bonchev–Trinajstić information content (AvgIpc) is 2.33. The number of halogens is 1. The molecular weight excluding hydrogens is 217 g/mol. The van der Waals surface area contributed by atoms with E-state index in [2.05, 4.69) is 10.4 Å². The van der Waals surface area contributed by atoms with Crippen LogP contribution in [0.25, 0.3) is 0 Å². The van der Waals surface area contributed by atoms with E-state index in [9.17, 15) is 4.39 Å². The fourth-order valence-corrected chi connectivity index (χ4v) is 1.83. The van der Waals surface area contributed by atoms with E-state index in [-0.39, 0.29) is 11.9 Å². The molecule has 1 heterocycles. The molecule has 0 amide bonds. The third kappa shape index (κ3) is 2.49. The van der Waals surface area contributed by atoms with Crippen molar-refractivity contribution in [3.63, 3.8) is 0 Å². The van der Waals surface area contributed by atoms with Crippen molar-refractivity contribution in [2.75, 3.05) is 0 Å². The zero-order valence-corrected chi connectivity index (χ0v) is 9.52. The van der Waals surface area contributed by atoms with E-state index >= 15 is 0 Å². The molecule has 0 radical (unpaired) electrons. The van der Waals surface area contributed by atoms with Crippen molar-refractivity contribution in [3.8, 4) is 0 Å². The van der Waals surface area contributed by atoms with Crippen LogP contribution in [0.1, 0.15) is 22.7 Å². The number of benzene rings is 1. The highest BCUT2D eigenvalue weighted by Gasteiger charge is 2.14. The molecule has 2 rings (SSSR count). The summed E-state index contributed by atoms with van der Waals surface area (Å²) in [6, 6.07) is 8.03. The molecule has 1 atom stereocenters. The van der Waals surface area contributed by atoms with Crippen molar-refractivity contribution in [2.24, 2.45) is 5.84 Å². The van der Waals surface area contributed by atoms with Gasteiger partial charge in [0.05, 0.1) is 6.04 Å². The zero-order chi connectivity index (χ0) is 12.3. The van der Waals surface area contributed by atoms with Gasteiger partial charge in [-0.05, 0) is 41.8 Å². The maximum absolute atomic E-state index is 13.2. The zero-order valence-electron chi connectivity index (χ0n) is 9.52. The van der Waals surface area contributed by atoms with E-state index in [1.165, 1.54) is 12.1 Å². The molecule has 0 aliphatic carbocycles. The Hall–Kier alpha value is -1.78. The highest BCUT2D eigenvalue weighted by atomic mass is 19.1. The van der Waals surface area contributed by atoms with Crippen LogP contribution in [0.4, 0.5) is 4.39 Å². The van der Waals surface area contributed by atoms with E-state index in [1.54, 1.807) is 18.5 Å². The first-order valence-electron chi connectivity index (χ1n) is 5.34. The average molecular weight is 231 g/mol. The molecule has 3 N–H and O–H groups in total. The van der Waals surface area contributed by atoms with Gasteiger partial charge < -0.3 is 0 Å². The van der Waals surface area contributed by atoms with Crippen molar-refractivity contribution in [2.45, 2.75) is 13.0 Å². The van der Waals surface area contributed by atoms with Crippen molar-refractivity contribution < 1.29 is 4.39 Å². The maximum Gasteiger partial charge on any atom is 0.123 e. The number of hydrogen-bond acceptors (Lipinski definition) is 3. The van der Waals surface area contributed by atoms with Gasteiger partial charge in [-0.15, -0.1) is 0 Å². The van der Waals surface area contributed by atoms with Crippen LogP contribution in [-0.4, -0.2) is 4.98 Å². The summed E-state index contributed by atoms with van der Waals surface area (Å²) >= 11 is 0. The van der Waals surface area contributed by atoms with Gasteiger partial charge in [0.25, 0.3) is 0 Å². The van der Waals surface area contributed by atoms with Crippen LogP contribution >= 0.6 is 0 Å². The standard InChI is InChI=1S/C13H14FN3/c1-9-5-6-16-8-12(9)13(17-15)10-3-2-4-11(14)7-10/h2-8,13,17H,15H2,1H3. The Bertz CT molecular complexity index is 514. The number of rotatable bonds is 3. The summed E-state index contributed by atoms with van der Waals surface area (Å²) in [5.41, 5.74) is 5.48. The molecule has 88 valence electrons. The predicted molar refractivity (Wildman–Crippen MR) is 64.5 cm³/mol. The van der Waals surface area contributed by atoms with Gasteiger partial charge in [-0.2, -0.15) is 0 Å². The minimum absolute atomic E-state index is 0.251. The van der Waals surface area contributed by atoms with E-state index < -0.39 is 0 Å². The van der Waals surface area contributed by atoms with Crippen LogP contribution in [0, 0.1) is 12.7 Å². The molecule has 0 aliphatic rings. The SMILES string of the molecule is Cc1ccncc1C(NN)c1cccc(F)c1. The Labute approximate surface area is 99.5 Å². The molecule has 2 aromatic rings. The van der Waals surface area contributed by atoms with E-state index in [0.717, 1.165) is 16.7 Å². The Kier molecular flexibility index (Phi) is 3.46. The molecule has 0 bridgehead atoms. The normalized spacial score (nSPS) is 12.4. The molecule has 0 aliphatic heterocycles. The largest absolute Gasteiger partial charge is 0.271 e. The summed E-state index contributed by atoms with van der Waals surface area (Å²) in [5.74, 6) is 5.28. The van der Waals surface area contributed by atoms with E-state index in [4.69, 9.17) is 5.84 Å². The summed E-state index contributed by atoms with van der Waals surface area (Å²) in [4.78, 5) is 4.07. The predicted octanol–water partition coefficient (Wildman–Crippen LogP) is 2.08. The Balaban J connectivity index is 2.44. The number of nitrogens with zero attached hydrogens (tertiary/aromatic N) is 1. The molecule has 0 fully saturated rings. The molecule has 4 heteroatoms. The Morgan fingerprint density at radius 2 is 2.18 bits per heavy atom. The summed E-state index contributed by atoms with van der Waals surface area (Å²) in [6.45, 7) is 1.97. The molecule has 3 nitrogen and oxygen atoms in total. The number of aromatic nitrogens is 1. The minimum atomic E-state index is -0.274. The van der Waals surface area contributed by atoms with Crippen LogP contribution in [-0.2, 0) is 0 Å². The second-order valence-corrected chi connectivity index (χ2v) is 3.89. The van der Waals surface area contributed by atoms with Gasteiger partial charge in [-0.3, -0.25) is 10.8 Å². The van der Waals surface area contributed by atoms with Gasteiger partial charge in [-0.25, -0.2) is 9.82 Å². The van der Waals surface area contributed by atoms with Crippen molar-refractivity contribution >= 4 is 0 Å². The topological polar surface area (TPSA) is 50.9 Å². The molecule has 1 unspecified atom stereocenters. The fourth-order valence-electron chi connectivity index (χ4n) is 1.83. The lowest BCUT2D eigenvalue weighted by Gasteiger charge is -2.18. The van der Waals surface area contributed by atoms with Crippen LogP contribution in [0.3, 0.4) is 0 Å². The monoisotopic (exact) mass is 231 g/mol. The van der Waals surface area contributed by atoms with Gasteiger partial charge in [-0.1, -0.05) is 12.1 Å². The van der Waals surface area contributed by atoms with Crippen LogP contribution in [0.2, 0.25) is 0 Å². The number of hydrogen-bond donors (Lipinski definition) is 2. The lowest BCUT2D eigenvalue weighted by atomic mass is 9.97. The first kappa shape index (κ1) is 11.7. The molecule has 0 saturated heterocycles. The molecule has 0 saturated carbocycles. The third-order valence-corrected chi connectivity index (χ3v) is 2.74. The lowest BCUT2D eigenvalue weighted by Crippen LogP contribution is -2.29. The smallest absolute Gasteiger partial charge is 0.123 e. The summed E-state index contributed by atoms with van der Waals surface area (Å²) < 4.78 is 13.2. The summed E-state index contributed by atoms with van der Waals surface area (Å²) in [7, 11) is 0. The number of aryl methyl sites for hydroxylation is 1. The second kappa shape index (κ2) is 5.03. The van der Waals surface area contributed by atoms with Crippen molar-refractivity contribution in [3.05, 3.63) is 65.2 Å². The minimum Gasteiger partial charge on any atom is -0.271 e. The van der Waals surface area contributed by atoms with E-state index in [1.807, 2.05) is 19.1 Å². The molecule has 0 spiro atoms. The van der Waals surface area contributed by atoms with Gasteiger partial charge in [0.15, 0.2) is 0 Å². The highest BCUT2D eigenvalue weighted by molar-refractivity contribution is 5.34. The van der Waals surface area contributed by atoms with Crippen LogP contribution in [0.5, 0.6) is 0 Å². The maximum atomic E-state index is 13.2. The molecule has 1 aromatic carbocycles. The van der Waals surface area contributed by atoms with Crippen molar-refractivity contribution in [1.29, 1.82) is 0 Å². The van der Waals surface area contributed by atoms with Crippen molar-refractivity contribution in [1.82, 2.24) is 10.4 Å². The van der Waals surface area contributed by atoms with Gasteiger partial charge in [0.1, 0.15) is 5.82 Å². The number of nitrogens with two attached hydrogens (primary N) is 1. The van der Waals surface area contributed by atoms with Gasteiger partial charge in [0.2, 0.25) is 0 Å². The first-order valence-corrected chi connectivity index (χ1v) is 5.34. The summed E-state index contributed by atoms with van der Waals surface area (Å²) in [6.07, 6.45) is 3.46. The quantitative estimate of drug-likeness (QED) is 0.628. The van der Waals surface area contributed by atoms with Gasteiger partial charge >= 0.3 is 0 Å². The Morgan fingerprint density at radius 3 is 2.82 bits per heavy atom. The van der Waals surface area contributed by atoms with Crippen LogP contribution in [0.15, 0.2) is 42.7 Å². The Morgan fingerprint density at radius 1 is 1.35 bits per heavy atom. The third-order valence-electron chi connectivity index (χ3n) is 2.74. The number of pyridine rings is 1.